The maximum atomic E-state index is 12.8. The Morgan fingerprint density at radius 2 is 1.93 bits per heavy atom. The molecular formula is C17H21F4N5O2. The fourth-order valence-electron chi connectivity index (χ4n) is 2.32. The van der Waals surface area contributed by atoms with E-state index in [0.717, 1.165) is 0 Å². The SMILES string of the molecule is CCNC(=NCc1nccn1C(F)F)NCC(O)c1ccc(OC(F)F)cc1. The fourth-order valence-corrected chi connectivity index (χ4v) is 2.32. The molecule has 1 unspecified atom stereocenters. The van der Waals surface area contributed by atoms with Crippen molar-refractivity contribution in [3.63, 3.8) is 0 Å². The summed E-state index contributed by atoms with van der Waals surface area (Å²) in [5, 5.41) is 16.1. The number of hydrogen-bond acceptors (Lipinski definition) is 4. The number of benzene rings is 1. The molecule has 1 atom stereocenters. The van der Waals surface area contributed by atoms with E-state index in [2.05, 4.69) is 25.3 Å². The molecule has 0 saturated heterocycles. The Kier molecular flexibility index (Phi) is 8.05. The molecule has 0 spiro atoms. The second-order valence-electron chi connectivity index (χ2n) is 5.57. The van der Waals surface area contributed by atoms with Gasteiger partial charge in [0.2, 0.25) is 0 Å². The van der Waals surface area contributed by atoms with Gasteiger partial charge in [-0.3, -0.25) is 4.57 Å². The average Bonchev–Trinajstić information content (AvgIpc) is 3.13. The zero-order valence-corrected chi connectivity index (χ0v) is 15.0. The van der Waals surface area contributed by atoms with Crippen LogP contribution in [0.1, 0.15) is 31.0 Å². The van der Waals surface area contributed by atoms with E-state index in [0.29, 0.717) is 22.6 Å². The highest BCUT2D eigenvalue weighted by Crippen LogP contribution is 2.19. The normalized spacial score (nSPS) is 13.1. The minimum absolute atomic E-state index is 0.0108. The van der Waals surface area contributed by atoms with E-state index in [1.165, 1.54) is 36.7 Å². The van der Waals surface area contributed by atoms with Gasteiger partial charge in [0.1, 0.15) is 18.1 Å². The van der Waals surface area contributed by atoms with Gasteiger partial charge < -0.3 is 20.5 Å². The molecule has 28 heavy (non-hydrogen) atoms. The molecule has 7 nitrogen and oxygen atoms in total. The first-order chi connectivity index (χ1) is 13.4. The predicted molar refractivity (Wildman–Crippen MR) is 94.3 cm³/mol. The summed E-state index contributed by atoms with van der Waals surface area (Å²) in [7, 11) is 0. The van der Waals surface area contributed by atoms with Crippen molar-refractivity contribution in [3.8, 4) is 5.75 Å². The van der Waals surface area contributed by atoms with Gasteiger partial charge in [0.15, 0.2) is 5.96 Å². The largest absolute Gasteiger partial charge is 0.435 e. The summed E-state index contributed by atoms with van der Waals surface area (Å²) in [4.78, 5) is 8.02. The molecule has 154 valence electrons. The number of aromatic nitrogens is 2. The van der Waals surface area contributed by atoms with Crippen molar-refractivity contribution in [2.75, 3.05) is 13.1 Å². The van der Waals surface area contributed by atoms with Crippen LogP contribution in [0.25, 0.3) is 0 Å². The first-order valence-corrected chi connectivity index (χ1v) is 8.45. The highest BCUT2D eigenvalue weighted by Gasteiger charge is 2.12. The maximum absolute atomic E-state index is 12.8. The first kappa shape index (κ1) is 21.5. The van der Waals surface area contributed by atoms with Gasteiger partial charge in [-0.05, 0) is 24.6 Å². The van der Waals surface area contributed by atoms with Crippen molar-refractivity contribution in [1.82, 2.24) is 20.2 Å². The molecule has 0 amide bonds. The van der Waals surface area contributed by atoms with Crippen molar-refractivity contribution < 1.29 is 27.4 Å². The molecule has 0 aliphatic heterocycles. The Labute approximate surface area is 159 Å². The lowest BCUT2D eigenvalue weighted by molar-refractivity contribution is -0.0498. The lowest BCUT2D eigenvalue weighted by Gasteiger charge is -2.16. The molecule has 1 aromatic heterocycles. The summed E-state index contributed by atoms with van der Waals surface area (Å²) in [6, 6.07) is 5.59. The van der Waals surface area contributed by atoms with Gasteiger partial charge in [-0.1, -0.05) is 12.1 Å². The van der Waals surface area contributed by atoms with Gasteiger partial charge in [0.05, 0.1) is 6.10 Å². The molecule has 11 heteroatoms. The molecule has 0 bridgehead atoms. The van der Waals surface area contributed by atoms with E-state index in [1.54, 1.807) is 0 Å². The van der Waals surface area contributed by atoms with Gasteiger partial charge >= 0.3 is 13.2 Å². The second kappa shape index (κ2) is 10.5. The Morgan fingerprint density at radius 3 is 2.54 bits per heavy atom. The van der Waals surface area contributed by atoms with Gasteiger partial charge in [-0.15, -0.1) is 0 Å². The van der Waals surface area contributed by atoms with Crippen molar-refractivity contribution >= 4 is 5.96 Å². The number of aliphatic imine (C=N–C) groups is 1. The van der Waals surface area contributed by atoms with Crippen LogP contribution < -0.4 is 15.4 Å². The van der Waals surface area contributed by atoms with E-state index in [1.807, 2.05) is 6.92 Å². The van der Waals surface area contributed by atoms with Gasteiger partial charge in [-0.25, -0.2) is 9.98 Å². The number of hydrogen-bond donors (Lipinski definition) is 3. The van der Waals surface area contributed by atoms with Crippen LogP contribution >= 0.6 is 0 Å². The van der Waals surface area contributed by atoms with Crippen LogP contribution in [0.4, 0.5) is 17.6 Å². The number of aliphatic hydroxyl groups excluding tert-OH is 1. The van der Waals surface area contributed by atoms with E-state index in [9.17, 15) is 22.7 Å². The van der Waals surface area contributed by atoms with Gasteiger partial charge in [-0.2, -0.15) is 17.6 Å². The molecule has 2 rings (SSSR count). The predicted octanol–water partition coefficient (Wildman–Crippen LogP) is 2.67. The van der Waals surface area contributed by atoms with E-state index in [-0.39, 0.29) is 24.7 Å². The lowest BCUT2D eigenvalue weighted by atomic mass is 10.1. The standard InChI is InChI=1S/C17H21F4N5O2/c1-2-22-17(25-10-14-23-7-8-26(14)15(18)19)24-9-13(27)11-3-5-12(6-4-11)28-16(20)21/h3-8,13,15-16,27H,2,9-10H2,1H3,(H2,22,24,25). The molecule has 0 radical (unpaired) electrons. The fraction of sp³-hybridized carbons (Fsp3) is 0.412. The molecule has 0 aliphatic rings. The highest BCUT2D eigenvalue weighted by atomic mass is 19.3. The molecular weight excluding hydrogens is 382 g/mol. The molecule has 0 aliphatic carbocycles. The lowest BCUT2D eigenvalue weighted by Crippen LogP contribution is -2.39. The van der Waals surface area contributed by atoms with Gasteiger partial charge in [0, 0.05) is 25.5 Å². The van der Waals surface area contributed by atoms with Crippen molar-refractivity contribution in [2.24, 2.45) is 4.99 Å². The molecule has 0 fully saturated rings. The maximum Gasteiger partial charge on any atom is 0.387 e. The van der Waals surface area contributed by atoms with Crippen LogP contribution in [0.2, 0.25) is 0 Å². The van der Waals surface area contributed by atoms with Crippen molar-refractivity contribution in [1.29, 1.82) is 0 Å². The molecule has 0 saturated carbocycles. The third-order valence-electron chi connectivity index (χ3n) is 3.63. The minimum atomic E-state index is -2.92. The number of guanidine groups is 1. The number of nitrogens with one attached hydrogen (secondary N) is 2. The Hall–Kier alpha value is -2.82. The van der Waals surface area contributed by atoms with Crippen LogP contribution in [0.3, 0.4) is 0 Å². The molecule has 1 aromatic carbocycles. The smallest absolute Gasteiger partial charge is 0.387 e. The number of rotatable bonds is 9. The molecule has 3 N–H and O–H groups in total. The minimum Gasteiger partial charge on any atom is -0.435 e. The van der Waals surface area contributed by atoms with Crippen molar-refractivity contribution in [2.45, 2.75) is 32.7 Å². The summed E-state index contributed by atoms with van der Waals surface area (Å²) in [6.45, 7) is -3.30. The zero-order chi connectivity index (χ0) is 20.5. The van der Waals surface area contributed by atoms with Crippen LogP contribution in [0.15, 0.2) is 41.7 Å². The van der Waals surface area contributed by atoms with Crippen LogP contribution in [-0.4, -0.2) is 40.3 Å². The second-order valence-corrected chi connectivity index (χ2v) is 5.57. The number of imidazole rings is 1. The van der Waals surface area contributed by atoms with Crippen molar-refractivity contribution in [3.05, 3.63) is 48.0 Å². The third-order valence-corrected chi connectivity index (χ3v) is 3.63. The van der Waals surface area contributed by atoms with E-state index >= 15 is 0 Å². The monoisotopic (exact) mass is 403 g/mol. The number of ether oxygens (including phenoxy) is 1. The Balaban J connectivity index is 1.95. The summed E-state index contributed by atoms with van der Waals surface area (Å²) >= 11 is 0. The summed E-state index contributed by atoms with van der Waals surface area (Å²) in [5.41, 5.74) is 0.484. The molecule has 1 heterocycles. The highest BCUT2D eigenvalue weighted by molar-refractivity contribution is 5.79. The number of nitrogens with zero attached hydrogens (tertiary/aromatic N) is 3. The van der Waals surface area contributed by atoms with E-state index in [4.69, 9.17) is 0 Å². The quantitative estimate of drug-likeness (QED) is 0.341. The third kappa shape index (κ3) is 6.41. The van der Waals surface area contributed by atoms with Gasteiger partial charge in [0.25, 0.3) is 0 Å². The average molecular weight is 403 g/mol. The topological polar surface area (TPSA) is 83.7 Å². The van der Waals surface area contributed by atoms with Crippen LogP contribution in [0, 0.1) is 0 Å². The Morgan fingerprint density at radius 1 is 1.21 bits per heavy atom. The van der Waals surface area contributed by atoms with Crippen LogP contribution in [0.5, 0.6) is 5.75 Å². The number of aliphatic hydroxyl groups is 1. The first-order valence-electron chi connectivity index (χ1n) is 8.45. The molecule has 2 aromatic rings. The van der Waals surface area contributed by atoms with E-state index < -0.39 is 19.3 Å². The summed E-state index contributed by atoms with van der Waals surface area (Å²) in [6.07, 6.45) is 1.48. The Bertz CT molecular complexity index is 752. The number of halogens is 4. The zero-order valence-electron chi connectivity index (χ0n) is 15.0. The van der Waals surface area contributed by atoms with Crippen LogP contribution in [-0.2, 0) is 6.54 Å². The summed E-state index contributed by atoms with van der Waals surface area (Å²) < 4.78 is 54.9. The summed E-state index contributed by atoms with van der Waals surface area (Å²) in [5.74, 6) is 0.397. The number of alkyl halides is 4.